The van der Waals surface area contributed by atoms with Crippen LogP contribution in [0.25, 0.3) is 0 Å². The molecule has 0 bridgehead atoms. The third-order valence-corrected chi connectivity index (χ3v) is 2.16. The molecule has 0 aromatic heterocycles. The molecule has 0 unspecified atom stereocenters. The summed E-state index contributed by atoms with van der Waals surface area (Å²) in [5.74, 6) is 0.660. The van der Waals surface area contributed by atoms with Gasteiger partial charge in [0.1, 0.15) is 6.61 Å². The van der Waals surface area contributed by atoms with Crippen LogP contribution in [-0.4, -0.2) is 18.0 Å². The van der Waals surface area contributed by atoms with Crippen LogP contribution >= 0.6 is 0 Å². The van der Waals surface area contributed by atoms with E-state index in [2.05, 4.69) is 4.99 Å². The maximum absolute atomic E-state index is 5.83. The third kappa shape index (κ3) is 1.58. The van der Waals surface area contributed by atoms with Gasteiger partial charge in [0, 0.05) is 5.69 Å². The topological polar surface area (TPSA) is 47.6 Å². The fraction of sp³-hybridized carbons (Fsp3) is 0.364. The normalized spacial score (nSPS) is 18.9. The number of nitrogen functional groups attached to an aromatic ring is 1. The summed E-state index contributed by atoms with van der Waals surface area (Å²) >= 11 is 0. The van der Waals surface area contributed by atoms with Crippen LogP contribution in [0.3, 0.4) is 0 Å². The van der Waals surface area contributed by atoms with Gasteiger partial charge < -0.3 is 10.5 Å². The number of nitrogens with zero attached hydrogens (tertiary/aromatic N) is 1. The molecule has 1 aromatic carbocycles. The number of hydrogen-bond donors (Lipinski definition) is 1. The monoisotopic (exact) mass is 190 g/mol. The number of ether oxygens (including phenoxy) is 1. The number of aliphatic imine (C=N–C) groups is 1. The van der Waals surface area contributed by atoms with E-state index in [1.54, 1.807) is 0 Å². The molecule has 0 aliphatic carbocycles. The Morgan fingerprint density at radius 1 is 1.36 bits per heavy atom. The average molecular weight is 190 g/mol. The minimum Gasteiger partial charge on any atom is -0.475 e. The first-order valence-electron chi connectivity index (χ1n) is 4.66. The van der Waals surface area contributed by atoms with E-state index >= 15 is 0 Å². The van der Waals surface area contributed by atoms with Gasteiger partial charge >= 0.3 is 0 Å². The Morgan fingerprint density at radius 3 is 2.64 bits per heavy atom. The molecule has 3 heteroatoms. The lowest BCUT2D eigenvalue weighted by molar-refractivity contribution is 0.279. The summed E-state index contributed by atoms with van der Waals surface area (Å²) in [6.45, 7) is 4.70. The molecular formula is C11H14N2O. The van der Waals surface area contributed by atoms with Gasteiger partial charge in [0.2, 0.25) is 5.90 Å². The van der Waals surface area contributed by atoms with Gasteiger partial charge in [0.15, 0.2) is 0 Å². The summed E-state index contributed by atoms with van der Waals surface area (Å²) in [5.41, 5.74) is 7.30. The van der Waals surface area contributed by atoms with Crippen molar-refractivity contribution in [1.29, 1.82) is 0 Å². The largest absolute Gasteiger partial charge is 0.475 e. The Morgan fingerprint density at radius 2 is 2.07 bits per heavy atom. The highest BCUT2D eigenvalue weighted by atomic mass is 16.5. The van der Waals surface area contributed by atoms with E-state index in [4.69, 9.17) is 10.5 Å². The smallest absolute Gasteiger partial charge is 0.218 e. The van der Waals surface area contributed by atoms with Crippen LogP contribution < -0.4 is 5.73 Å². The molecule has 1 heterocycles. The summed E-state index contributed by atoms with van der Waals surface area (Å²) in [7, 11) is 0. The molecule has 1 aliphatic heterocycles. The molecular weight excluding hydrogens is 176 g/mol. The Balaban J connectivity index is 2.38. The highest BCUT2D eigenvalue weighted by Crippen LogP contribution is 2.23. The third-order valence-electron chi connectivity index (χ3n) is 2.16. The lowest BCUT2D eigenvalue weighted by atomic mass is 10.1. The van der Waals surface area contributed by atoms with E-state index in [9.17, 15) is 0 Å². The average Bonchev–Trinajstić information content (AvgIpc) is 2.47. The molecule has 0 radical (unpaired) electrons. The lowest BCUT2D eigenvalue weighted by Crippen LogP contribution is -2.17. The fourth-order valence-electron chi connectivity index (χ4n) is 1.41. The van der Waals surface area contributed by atoms with Crippen molar-refractivity contribution >= 4 is 11.6 Å². The van der Waals surface area contributed by atoms with Crippen molar-refractivity contribution in [1.82, 2.24) is 0 Å². The second kappa shape index (κ2) is 3.01. The molecule has 1 aromatic rings. The van der Waals surface area contributed by atoms with Crippen molar-refractivity contribution in [3.05, 3.63) is 29.8 Å². The number of anilines is 1. The van der Waals surface area contributed by atoms with Crippen molar-refractivity contribution in [2.24, 2.45) is 4.99 Å². The minimum absolute atomic E-state index is 0.127. The summed E-state index contributed by atoms with van der Waals surface area (Å²) in [4.78, 5) is 4.47. The first-order chi connectivity index (χ1) is 6.58. The standard InChI is InChI=1S/C11H14N2O/c1-11(2)7-14-10(13-11)8-5-3-4-6-9(8)12/h3-6H,7,12H2,1-2H3. The SMILES string of the molecule is CC1(C)COC(c2ccccc2N)=N1. The van der Waals surface area contributed by atoms with Crippen LogP contribution in [0.15, 0.2) is 29.3 Å². The number of benzene rings is 1. The van der Waals surface area contributed by atoms with E-state index in [1.807, 2.05) is 38.1 Å². The quantitative estimate of drug-likeness (QED) is 0.687. The summed E-state index contributed by atoms with van der Waals surface area (Å²) < 4.78 is 5.51. The molecule has 0 saturated heterocycles. The number of para-hydroxylation sites is 1. The number of hydrogen-bond acceptors (Lipinski definition) is 3. The van der Waals surface area contributed by atoms with E-state index < -0.39 is 0 Å². The van der Waals surface area contributed by atoms with Crippen molar-refractivity contribution in [3.8, 4) is 0 Å². The predicted octanol–water partition coefficient (Wildman–Crippen LogP) is 1.82. The van der Waals surface area contributed by atoms with E-state index in [0.717, 1.165) is 5.56 Å². The molecule has 74 valence electrons. The molecule has 0 spiro atoms. The second-order valence-corrected chi connectivity index (χ2v) is 4.11. The predicted molar refractivity (Wildman–Crippen MR) is 57.4 cm³/mol. The van der Waals surface area contributed by atoms with E-state index in [0.29, 0.717) is 18.2 Å². The Kier molecular flexibility index (Phi) is 1.95. The molecule has 0 fully saturated rings. The zero-order valence-electron chi connectivity index (χ0n) is 8.45. The summed E-state index contributed by atoms with van der Waals surface area (Å²) in [6, 6.07) is 7.62. The molecule has 0 saturated carbocycles. The Hall–Kier alpha value is -1.51. The molecule has 0 atom stereocenters. The van der Waals surface area contributed by atoms with Crippen LogP contribution in [0.5, 0.6) is 0 Å². The Bertz CT molecular complexity index is 383. The van der Waals surface area contributed by atoms with E-state index in [1.165, 1.54) is 0 Å². The first kappa shape index (κ1) is 9.06. The Labute approximate surface area is 83.6 Å². The molecule has 0 amide bonds. The van der Waals surface area contributed by atoms with Gasteiger partial charge in [0.05, 0.1) is 11.1 Å². The summed E-state index contributed by atoms with van der Waals surface area (Å²) in [5, 5.41) is 0. The van der Waals surface area contributed by atoms with Gasteiger partial charge in [0.25, 0.3) is 0 Å². The summed E-state index contributed by atoms with van der Waals surface area (Å²) in [6.07, 6.45) is 0. The molecule has 2 rings (SSSR count). The van der Waals surface area contributed by atoms with Gasteiger partial charge in [-0.05, 0) is 26.0 Å². The van der Waals surface area contributed by atoms with Gasteiger partial charge in [-0.2, -0.15) is 0 Å². The molecule has 14 heavy (non-hydrogen) atoms. The highest BCUT2D eigenvalue weighted by Gasteiger charge is 2.27. The second-order valence-electron chi connectivity index (χ2n) is 4.11. The number of nitrogens with two attached hydrogens (primary N) is 1. The maximum atomic E-state index is 5.83. The molecule has 1 aliphatic rings. The van der Waals surface area contributed by atoms with Gasteiger partial charge in [-0.3, -0.25) is 0 Å². The molecule has 3 nitrogen and oxygen atoms in total. The zero-order chi connectivity index (χ0) is 10.2. The van der Waals surface area contributed by atoms with Crippen LogP contribution in [0.2, 0.25) is 0 Å². The van der Waals surface area contributed by atoms with Crippen LogP contribution in [0, 0.1) is 0 Å². The van der Waals surface area contributed by atoms with Crippen molar-refractivity contribution in [2.45, 2.75) is 19.4 Å². The first-order valence-corrected chi connectivity index (χ1v) is 4.66. The zero-order valence-corrected chi connectivity index (χ0v) is 8.45. The van der Waals surface area contributed by atoms with E-state index in [-0.39, 0.29) is 5.54 Å². The minimum atomic E-state index is -0.127. The van der Waals surface area contributed by atoms with Crippen molar-refractivity contribution in [3.63, 3.8) is 0 Å². The lowest BCUT2D eigenvalue weighted by Gasteiger charge is -2.07. The van der Waals surface area contributed by atoms with Gasteiger partial charge in [-0.25, -0.2) is 4.99 Å². The molecule has 2 N–H and O–H groups in total. The van der Waals surface area contributed by atoms with Crippen molar-refractivity contribution < 1.29 is 4.74 Å². The van der Waals surface area contributed by atoms with Crippen LogP contribution in [0.4, 0.5) is 5.69 Å². The van der Waals surface area contributed by atoms with Gasteiger partial charge in [-0.15, -0.1) is 0 Å². The number of rotatable bonds is 1. The maximum Gasteiger partial charge on any atom is 0.218 e. The van der Waals surface area contributed by atoms with Crippen LogP contribution in [-0.2, 0) is 4.74 Å². The highest BCUT2D eigenvalue weighted by molar-refractivity contribution is 6.00. The van der Waals surface area contributed by atoms with Gasteiger partial charge in [-0.1, -0.05) is 12.1 Å². The van der Waals surface area contributed by atoms with Crippen molar-refractivity contribution in [2.75, 3.05) is 12.3 Å². The van der Waals surface area contributed by atoms with Crippen LogP contribution in [0.1, 0.15) is 19.4 Å². The fourth-order valence-corrected chi connectivity index (χ4v) is 1.41.